The number of fused-ring (bicyclic) bond motifs is 1. The zero-order chi connectivity index (χ0) is 17.4. The SMILES string of the molecule is CCN1C(=O)C(Cc2ccc(-c3ccccc3Cl)o2)c2ccccc21. The van der Waals surface area contributed by atoms with Gasteiger partial charge in [-0.15, -0.1) is 0 Å². The molecule has 0 saturated heterocycles. The predicted octanol–water partition coefficient (Wildman–Crippen LogP) is 5.29. The van der Waals surface area contributed by atoms with Crippen LogP contribution >= 0.6 is 11.6 Å². The van der Waals surface area contributed by atoms with Gasteiger partial charge in [0.25, 0.3) is 0 Å². The third-order valence-corrected chi connectivity index (χ3v) is 5.02. The van der Waals surface area contributed by atoms with Gasteiger partial charge in [0, 0.05) is 24.2 Å². The van der Waals surface area contributed by atoms with Gasteiger partial charge < -0.3 is 9.32 Å². The second-order valence-corrected chi connectivity index (χ2v) is 6.55. The Balaban J connectivity index is 1.63. The Morgan fingerprint density at radius 2 is 1.80 bits per heavy atom. The molecule has 126 valence electrons. The number of amides is 1. The number of likely N-dealkylation sites (N-methyl/N-ethyl adjacent to an activating group) is 1. The Morgan fingerprint density at radius 1 is 1.04 bits per heavy atom. The average Bonchev–Trinajstić information content (AvgIpc) is 3.19. The molecule has 2 heterocycles. The van der Waals surface area contributed by atoms with Crippen molar-refractivity contribution in [3.63, 3.8) is 0 Å². The van der Waals surface area contributed by atoms with Gasteiger partial charge in [0.05, 0.1) is 10.9 Å². The number of furan rings is 1. The fourth-order valence-electron chi connectivity index (χ4n) is 3.49. The Hall–Kier alpha value is -2.52. The van der Waals surface area contributed by atoms with Crippen LogP contribution in [-0.2, 0) is 11.2 Å². The molecule has 4 heteroatoms. The minimum Gasteiger partial charge on any atom is -0.461 e. The standard InChI is InChI=1S/C21H18ClNO2/c1-2-23-19-10-6-4-7-15(19)17(21(23)24)13-14-11-12-20(25-14)16-8-3-5-9-18(16)22/h3-12,17H,2,13H2,1H3. The molecule has 0 aliphatic carbocycles. The van der Waals surface area contributed by atoms with Crippen LogP contribution in [0.3, 0.4) is 0 Å². The van der Waals surface area contributed by atoms with E-state index < -0.39 is 0 Å². The van der Waals surface area contributed by atoms with Gasteiger partial charge in [-0.1, -0.05) is 41.9 Å². The van der Waals surface area contributed by atoms with Gasteiger partial charge in [0.2, 0.25) is 5.91 Å². The van der Waals surface area contributed by atoms with Crippen molar-refractivity contribution < 1.29 is 9.21 Å². The molecule has 25 heavy (non-hydrogen) atoms. The van der Waals surface area contributed by atoms with Gasteiger partial charge in [0.15, 0.2) is 0 Å². The van der Waals surface area contributed by atoms with Crippen LogP contribution in [0.2, 0.25) is 5.02 Å². The number of nitrogens with zero attached hydrogens (tertiary/aromatic N) is 1. The number of carbonyl (C=O) groups is 1. The number of hydrogen-bond acceptors (Lipinski definition) is 2. The number of para-hydroxylation sites is 1. The van der Waals surface area contributed by atoms with Crippen molar-refractivity contribution in [2.75, 3.05) is 11.4 Å². The van der Waals surface area contributed by atoms with E-state index in [1.54, 1.807) is 0 Å². The van der Waals surface area contributed by atoms with Crippen molar-refractivity contribution in [2.24, 2.45) is 0 Å². The summed E-state index contributed by atoms with van der Waals surface area (Å²) in [5.74, 6) is 1.47. The van der Waals surface area contributed by atoms with Crippen LogP contribution in [0.5, 0.6) is 0 Å². The van der Waals surface area contributed by atoms with Crippen LogP contribution in [0.1, 0.15) is 24.2 Å². The Labute approximate surface area is 151 Å². The maximum atomic E-state index is 12.8. The summed E-state index contributed by atoms with van der Waals surface area (Å²) in [7, 11) is 0. The molecule has 0 saturated carbocycles. The van der Waals surface area contributed by atoms with Crippen molar-refractivity contribution in [1.29, 1.82) is 0 Å². The number of rotatable bonds is 4. The molecule has 0 spiro atoms. The third-order valence-electron chi connectivity index (χ3n) is 4.69. The summed E-state index contributed by atoms with van der Waals surface area (Å²) in [6.07, 6.45) is 0.552. The number of benzene rings is 2. The molecule has 1 unspecified atom stereocenters. The molecule has 3 nitrogen and oxygen atoms in total. The van der Waals surface area contributed by atoms with E-state index in [2.05, 4.69) is 0 Å². The van der Waals surface area contributed by atoms with Crippen molar-refractivity contribution >= 4 is 23.2 Å². The van der Waals surface area contributed by atoms with Crippen LogP contribution in [0.4, 0.5) is 5.69 Å². The molecule has 0 radical (unpaired) electrons. The largest absolute Gasteiger partial charge is 0.461 e. The topological polar surface area (TPSA) is 33.5 Å². The van der Waals surface area contributed by atoms with E-state index in [0.29, 0.717) is 18.0 Å². The monoisotopic (exact) mass is 351 g/mol. The highest BCUT2D eigenvalue weighted by atomic mass is 35.5. The summed E-state index contributed by atoms with van der Waals surface area (Å²) in [4.78, 5) is 14.6. The summed E-state index contributed by atoms with van der Waals surface area (Å²) >= 11 is 6.25. The third kappa shape index (κ3) is 2.75. The first-order valence-electron chi connectivity index (χ1n) is 8.43. The zero-order valence-electron chi connectivity index (χ0n) is 13.9. The first-order chi connectivity index (χ1) is 12.2. The van der Waals surface area contributed by atoms with E-state index >= 15 is 0 Å². The van der Waals surface area contributed by atoms with E-state index in [-0.39, 0.29) is 11.8 Å². The van der Waals surface area contributed by atoms with Crippen LogP contribution in [-0.4, -0.2) is 12.5 Å². The highest BCUT2D eigenvalue weighted by Gasteiger charge is 2.36. The molecule has 0 N–H and O–H groups in total. The summed E-state index contributed by atoms with van der Waals surface area (Å²) in [5.41, 5.74) is 2.95. The predicted molar refractivity (Wildman–Crippen MR) is 100 cm³/mol. The van der Waals surface area contributed by atoms with E-state index in [9.17, 15) is 4.79 Å². The average molecular weight is 352 g/mol. The molecule has 0 fully saturated rings. The molecule has 1 amide bonds. The van der Waals surface area contributed by atoms with Gasteiger partial charge in [-0.3, -0.25) is 4.79 Å². The van der Waals surface area contributed by atoms with Gasteiger partial charge in [-0.25, -0.2) is 0 Å². The van der Waals surface area contributed by atoms with Gasteiger partial charge in [-0.2, -0.15) is 0 Å². The van der Waals surface area contributed by atoms with Crippen molar-refractivity contribution in [2.45, 2.75) is 19.3 Å². The van der Waals surface area contributed by atoms with Gasteiger partial charge >= 0.3 is 0 Å². The normalized spacial score (nSPS) is 16.3. The molecule has 1 atom stereocenters. The quantitative estimate of drug-likeness (QED) is 0.639. The Bertz CT molecular complexity index is 931. The molecule has 2 aromatic carbocycles. The highest BCUT2D eigenvalue weighted by Crippen LogP contribution is 2.39. The first kappa shape index (κ1) is 16.0. The van der Waals surface area contributed by atoms with Crippen LogP contribution in [0, 0.1) is 0 Å². The molecule has 1 aliphatic heterocycles. The molecular formula is C21H18ClNO2. The molecule has 0 bridgehead atoms. The molecular weight excluding hydrogens is 334 g/mol. The van der Waals surface area contributed by atoms with E-state index in [4.69, 9.17) is 16.0 Å². The van der Waals surface area contributed by atoms with Crippen molar-refractivity contribution in [3.8, 4) is 11.3 Å². The summed E-state index contributed by atoms with van der Waals surface area (Å²) in [6, 6.07) is 19.4. The number of anilines is 1. The summed E-state index contributed by atoms with van der Waals surface area (Å²) in [5, 5.41) is 0.655. The lowest BCUT2D eigenvalue weighted by Gasteiger charge is -2.14. The molecule has 1 aromatic heterocycles. The molecule has 1 aliphatic rings. The highest BCUT2D eigenvalue weighted by molar-refractivity contribution is 6.33. The lowest BCUT2D eigenvalue weighted by Crippen LogP contribution is -2.28. The number of halogens is 1. The van der Waals surface area contributed by atoms with Gasteiger partial charge in [0.1, 0.15) is 11.5 Å². The summed E-state index contributed by atoms with van der Waals surface area (Å²) in [6.45, 7) is 2.68. The maximum absolute atomic E-state index is 12.8. The Morgan fingerprint density at radius 3 is 2.60 bits per heavy atom. The van der Waals surface area contributed by atoms with Crippen LogP contribution in [0.15, 0.2) is 65.1 Å². The van der Waals surface area contributed by atoms with Crippen molar-refractivity contribution in [3.05, 3.63) is 77.0 Å². The second-order valence-electron chi connectivity index (χ2n) is 6.14. The Kier molecular flexibility index (Phi) is 4.10. The lowest BCUT2D eigenvalue weighted by molar-refractivity contribution is -0.119. The molecule has 4 rings (SSSR count). The maximum Gasteiger partial charge on any atom is 0.235 e. The van der Waals surface area contributed by atoms with E-state index in [1.165, 1.54) is 0 Å². The zero-order valence-corrected chi connectivity index (χ0v) is 14.7. The van der Waals surface area contributed by atoms with Crippen molar-refractivity contribution in [1.82, 2.24) is 0 Å². The number of carbonyl (C=O) groups excluding carboxylic acids is 1. The minimum atomic E-state index is -0.193. The number of hydrogen-bond donors (Lipinski definition) is 0. The fraction of sp³-hybridized carbons (Fsp3) is 0.190. The first-order valence-corrected chi connectivity index (χ1v) is 8.80. The smallest absolute Gasteiger partial charge is 0.235 e. The van der Waals surface area contributed by atoms with E-state index in [1.807, 2.05) is 72.5 Å². The second kappa shape index (κ2) is 6.41. The van der Waals surface area contributed by atoms with Gasteiger partial charge in [-0.05, 0) is 42.8 Å². The lowest BCUT2D eigenvalue weighted by atomic mass is 9.96. The summed E-state index contributed by atoms with van der Waals surface area (Å²) < 4.78 is 5.99. The fourth-order valence-corrected chi connectivity index (χ4v) is 3.71. The van der Waals surface area contributed by atoms with Crippen LogP contribution in [0.25, 0.3) is 11.3 Å². The molecule has 3 aromatic rings. The van der Waals surface area contributed by atoms with Crippen LogP contribution < -0.4 is 4.90 Å². The minimum absolute atomic E-state index is 0.138. The van der Waals surface area contributed by atoms with E-state index in [0.717, 1.165) is 28.3 Å².